The predicted molar refractivity (Wildman–Crippen MR) is 119 cm³/mol. The van der Waals surface area contributed by atoms with Gasteiger partial charge in [0.1, 0.15) is 5.75 Å². The molecule has 0 spiro atoms. The summed E-state index contributed by atoms with van der Waals surface area (Å²) >= 11 is 1.34. The summed E-state index contributed by atoms with van der Waals surface area (Å²) in [5.41, 5.74) is 2.79. The van der Waals surface area contributed by atoms with E-state index in [1.54, 1.807) is 7.11 Å². The fourth-order valence-corrected chi connectivity index (χ4v) is 3.71. The van der Waals surface area contributed by atoms with Crippen LogP contribution in [0.1, 0.15) is 12.5 Å². The van der Waals surface area contributed by atoms with E-state index in [0.29, 0.717) is 36.4 Å². The Morgan fingerprint density at radius 1 is 1.17 bits per heavy atom. The summed E-state index contributed by atoms with van der Waals surface area (Å²) in [4.78, 5) is 12.5. The first-order chi connectivity index (χ1) is 14.6. The van der Waals surface area contributed by atoms with Crippen LogP contribution in [-0.2, 0) is 16.1 Å². The van der Waals surface area contributed by atoms with Crippen molar-refractivity contribution < 1.29 is 14.3 Å². The molecule has 0 aliphatic heterocycles. The maximum Gasteiger partial charge on any atom is 0.234 e. The second-order valence-corrected chi connectivity index (χ2v) is 7.53. The molecule has 2 aromatic carbocycles. The molecular formula is C22H26N4O3S. The molecule has 3 aromatic rings. The normalized spacial score (nSPS) is 10.8. The second-order valence-electron chi connectivity index (χ2n) is 6.59. The van der Waals surface area contributed by atoms with Crippen LogP contribution in [0.5, 0.6) is 5.75 Å². The van der Waals surface area contributed by atoms with Crippen molar-refractivity contribution in [3.63, 3.8) is 0 Å². The molecule has 0 aliphatic rings. The molecule has 1 heterocycles. The van der Waals surface area contributed by atoms with Gasteiger partial charge >= 0.3 is 0 Å². The molecule has 0 radical (unpaired) electrons. The third kappa shape index (κ3) is 5.61. The summed E-state index contributed by atoms with van der Waals surface area (Å²) in [6, 6.07) is 15.5. The number of carbonyl (C=O) groups excluding carboxylic acids is 1. The number of ether oxygens (including phenoxy) is 2. The maximum atomic E-state index is 12.5. The molecular weight excluding hydrogens is 400 g/mol. The number of hydrogen-bond acceptors (Lipinski definition) is 6. The zero-order valence-electron chi connectivity index (χ0n) is 17.4. The highest BCUT2D eigenvalue weighted by Gasteiger charge is 2.16. The van der Waals surface area contributed by atoms with Crippen molar-refractivity contribution in [2.75, 3.05) is 31.4 Å². The fourth-order valence-electron chi connectivity index (χ4n) is 2.94. The van der Waals surface area contributed by atoms with Gasteiger partial charge in [-0.3, -0.25) is 9.36 Å². The number of nitrogens with zero attached hydrogens (tertiary/aromatic N) is 3. The number of methoxy groups -OCH3 is 1. The minimum Gasteiger partial charge on any atom is -0.492 e. The second kappa shape index (κ2) is 10.8. The van der Waals surface area contributed by atoms with E-state index in [4.69, 9.17) is 9.47 Å². The molecule has 0 saturated carbocycles. The lowest BCUT2D eigenvalue weighted by Gasteiger charge is -2.12. The van der Waals surface area contributed by atoms with Crippen LogP contribution in [0.4, 0.5) is 5.69 Å². The van der Waals surface area contributed by atoms with Gasteiger partial charge < -0.3 is 14.8 Å². The van der Waals surface area contributed by atoms with Crippen molar-refractivity contribution in [1.29, 1.82) is 0 Å². The van der Waals surface area contributed by atoms with E-state index in [1.165, 1.54) is 11.8 Å². The summed E-state index contributed by atoms with van der Waals surface area (Å²) in [7, 11) is 1.66. The highest BCUT2D eigenvalue weighted by Crippen LogP contribution is 2.26. The molecule has 0 aliphatic carbocycles. The number of amides is 1. The Hall–Kier alpha value is -2.84. The molecule has 8 heteroatoms. The highest BCUT2D eigenvalue weighted by molar-refractivity contribution is 7.99. The number of hydrogen-bond donors (Lipinski definition) is 1. The summed E-state index contributed by atoms with van der Waals surface area (Å²) < 4.78 is 12.8. The summed E-state index contributed by atoms with van der Waals surface area (Å²) in [6.45, 7) is 5.61. The largest absolute Gasteiger partial charge is 0.492 e. The first kappa shape index (κ1) is 21.9. The number of thioether (sulfide) groups is 1. The van der Waals surface area contributed by atoms with Crippen LogP contribution in [-0.4, -0.2) is 46.7 Å². The van der Waals surface area contributed by atoms with Crippen molar-refractivity contribution >= 4 is 23.4 Å². The zero-order chi connectivity index (χ0) is 21.3. The Morgan fingerprint density at radius 3 is 2.77 bits per heavy atom. The number of carbonyl (C=O) groups is 1. The number of para-hydroxylation sites is 2. The van der Waals surface area contributed by atoms with Gasteiger partial charge in [-0.25, -0.2) is 0 Å². The average Bonchev–Trinajstić information content (AvgIpc) is 3.15. The first-order valence-corrected chi connectivity index (χ1v) is 10.7. The predicted octanol–water partition coefficient (Wildman–Crippen LogP) is 4.03. The SMILES string of the molecule is CCOc1ccccc1NC(=O)CSc1nnc(-c2cccc(C)c2)n1CCOC. The van der Waals surface area contributed by atoms with Gasteiger partial charge in [0.2, 0.25) is 5.91 Å². The smallest absolute Gasteiger partial charge is 0.234 e. The van der Waals surface area contributed by atoms with E-state index in [2.05, 4.69) is 21.6 Å². The molecule has 0 saturated heterocycles. The van der Waals surface area contributed by atoms with E-state index in [1.807, 2.05) is 60.9 Å². The van der Waals surface area contributed by atoms with Crippen LogP contribution in [0, 0.1) is 6.92 Å². The van der Waals surface area contributed by atoms with Gasteiger partial charge in [0.25, 0.3) is 0 Å². The highest BCUT2D eigenvalue weighted by atomic mass is 32.2. The lowest BCUT2D eigenvalue weighted by Crippen LogP contribution is -2.16. The molecule has 1 amide bonds. The number of anilines is 1. The number of benzene rings is 2. The van der Waals surface area contributed by atoms with Crippen LogP contribution in [0.2, 0.25) is 0 Å². The Morgan fingerprint density at radius 2 is 2.00 bits per heavy atom. The molecule has 7 nitrogen and oxygen atoms in total. The quantitative estimate of drug-likeness (QED) is 0.493. The average molecular weight is 427 g/mol. The summed E-state index contributed by atoms with van der Waals surface area (Å²) in [5.74, 6) is 1.49. The van der Waals surface area contributed by atoms with Crippen molar-refractivity contribution in [1.82, 2.24) is 14.8 Å². The molecule has 0 bridgehead atoms. The number of aryl methyl sites for hydroxylation is 1. The molecule has 1 N–H and O–H groups in total. The van der Waals surface area contributed by atoms with Gasteiger partial charge in [-0.2, -0.15) is 0 Å². The minimum atomic E-state index is -0.134. The van der Waals surface area contributed by atoms with E-state index in [-0.39, 0.29) is 11.7 Å². The van der Waals surface area contributed by atoms with Crippen LogP contribution >= 0.6 is 11.8 Å². The van der Waals surface area contributed by atoms with E-state index < -0.39 is 0 Å². The van der Waals surface area contributed by atoms with Crippen molar-refractivity contribution in [2.24, 2.45) is 0 Å². The van der Waals surface area contributed by atoms with Crippen molar-refractivity contribution in [3.8, 4) is 17.1 Å². The summed E-state index contributed by atoms with van der Waals surface area (Å²) in [6.07, 6.45) is 0. The van der Waals surface area contributed by atoms with Crippen LogP contribution in [0.25, 0.3) is 11.4 Å². The van der Waals surface area contributed by atoms with Crippen LogP contribution < -0.4 is 10.1 Å². The molecule has 30 heavy (non-hydrogen) atoms. The molecule has 0 atom stereocenters. The Bertz CT molecular complexity index is 990. The lowest BCUT2D eigenvalue weighted by atomic mass is 10.1. The van der Waals surface area contributed by atoms with Crippen LogP contribution in [0.3, 0.4) is 0 Å². The number of aromatic nitrogens is 3. The van der Waals surface area contributed by atoms with Gasteiger partial charge in [0, 0.05) is 12.7 Å². The van der Waals surface area contributed by atoms with E-state index in [9.17, 15) is 4.79 Å². The van der Waals surface area contributed by atoms with Crippen LogP contribution in [0.15, 0.2) is 53.7 Å². The zero-order valence-corrected chi connectivity index (χ0v) is 18.2. The van der Waals surface area contributed by atoms with Gasteiger partial charge in [-0.1, -0.05) is 47.7 Å². The maximum absolute atomic E-state index is 12.5. The molecule has 0 fully saturated rings. The summed E-state index contributed by atoms with van der Waals surface area (Å²) in [5, 5.41) is 12.3. The standard InChI is InChI=1S/C22H26N4O3S/c1-4-29-19-11-6-5-10-18(19)23-20(27)15-30-22-25-24-21(26(22)12-13-28-3)17-9-7-8-16(2)14-17/h5-11,14H,4,12-13,15H2,1-3H3,(H,23,27). The lowest BCUT2D eigenvalue weighted by molar-refractivity contribution is -0.113. The van der Waals surface area contributed by atoms with Gasteiger partial charge in [-0.05, 0) is 32.0 Å². The van der Waals surface area contributed by atoms with Crippen molar-refractivity contribution in [2.45, 2.75) is 25.5 Å². The van der Waals surface area contributed by atoms with Gasteiger partial charge in [0.05, 0.1) is 31.2 Å². The molecule has 0 unspecified atom stereocenters. The third-order valence-electron chi connectivity index (χ3n) is 4.31. The van der Waals surface area contributed by atoms with E-state index in [0.717, 1.165) is 17.0 Å². The molecule has 158 valence electrons. The Balaban J connectivity index is 1.72. The van der Waals surface area contributed by atoms with Crippen molar-refractivity contribution in [3.05, 3.63) is 54.1 Å². The van der Waals surface area contributed by atoms with Gasteiger partial charge in [-0.15, -0.1) is 10.2 Å². The number of nitrogens with one attached hydrogen (secondary N) is 1. The van der Waals surface area contributed by atoms with E-state index >= 15 is 0 Å². The minimum absolute atomic E-state index is 0.134. The fraction of sp³-hybridized carbons (Fsp3) is 0.318. The third-order valence-corrected chi connectivity index (χ3v) is 5.27. The first-order valence-electron chi connectivity index (χ1n) is 9.76. The Kier molecular flexibility index (Phi) is 7.87. The Labute approximate surface area is 180 Å². The topological polar surface area (TPSA) is 78.3 Å². The molecule has 1 aromatic heterocycles. The molecule has 3 rings (SSSR count). The monoisotopic (exact) mass is 426 g/mol. The van der Waals surface area contributed by atoms with Gasteiger partial charge in [0.15, 0.2) is 11.0 Å². The number of rotatable bonds is 10.